The largest absolute Gasteiger partial charge is 0.444 e. The van der Waals surface area contributed by atoms with Crippen LogP contribution in [-0.2, 0) is 4.74 Å². The third-order valence-electron chi connectivity index (χ3n) is 2.59. The van der Waals surface area contributed by atoms with Crippen molar-refractivity contribution in [3.8, 4) is 0 Å². The molecule has 1 atom stereocenters. The minimum Gasteiger partial charge on any atom is -0.444 e. The number of hydrogen-bond acceptors (Lipinski definition) is 2. The third-order valence-corrected chi connectivity index (χ3v) is 2.59. The topological polar surface area (TPSA) is 29.5 Å². The first kappa shape index (κ1) is 13.1. The van der Waals surface area contributed by atoms with E-state index in [2.05, 4.69) is 6.08 Å². The summed E-state index contributed by atoms with van der Waals surface area (Å²) in [5.41, 5.74) is -0.408. The quantitative estimate of drug-likeness (QED) is 0.640. The Balaban J connectivity index is 2.64. The van der Waals surface area contributed by atoms with Crippen molar-refractivity contribution in [2.24, 2.45) is 0 Å². The molecular formula is C13H23NO2. The predicted molar refractivity (Wildman–Crippen MR) is 65.4 cm³/mol. The molecule has 0 aromatic carbocycles. The second kappa shape index (κ2) is 5.37. The molecule has 92 valence electrons. The number of ether oxygens (including phenoxy) is 1. The minimum atomic E-state index is -0.408. The van der Waals surface area contributed by atoms with Gasteiger partial charge in [0.05, 0.1) is 6.04 Å². The van der Waals surface area contributed by atoms with Crippen LogP contribution in [0.4, 0.5) is 4.79 Å². The maximum Gasteiger partial charge on any atom is 0.410 e. The van der Waals surface area contributed by atoms with E-state index in [0.717, 1.165) is 19.4 Å². The van der Waals surface area contributed by atoms with Crippen molar-refractivity contribution < 1.29 is 9.53 Å². The molecule has 3 nitrogen and oxygen atoms in total. The van der Waals surface area contributed by atoms with E-state index >= 15 is 0 Å². The van der Waals surface area contributed by atoms with Gasteiger partial charge in [0, 0.05) is 6.54 Å². The number of allylic oxidation sites excluding steroid dienone is 1. The van der Waals surface area contributed by atoms with Crippen molar-refractivity contribution in [2.75, 3.05) is 6.54 Å². The molecule has 1 aliphatic heterocycles. The van der Waals surface area contributed by atoms with Crippen LogP contribution in [0.5, 0.6) is 0 Å². The molecule has 0 spiro atoms. The van der Waals surface area contributed by atoms with Gasteiger partial charge in [-0.3, -0.25) is 0 Å². The van der Waals surface area contributed by atoms with Crippen LogP contribution < -0.4 is 0 Å². The van der Waals surface area contributed by atoms with Gasteiger partial charge >= 0.3 is 6.09 Å². The fourth-order valence-corrected chi connectivity index (χ4v) is 1.93. The van der Waals surface area contributed by atoms with Crippen LogP contribution in [0.3, 0.4) is 0 Å². The fourth-order valence-electron chi connectivity index (χ4n) is 1.93. The van der Waals surface area contributed by atoms with Crippen molar-refractivity contribution in [3.05, 3.63) is 12.2 Å². The zero-order valence-electron chi connectivity index (χ0n) is 10.8. The van der Waals surface area contributed by atoms with Crippen molar-refractivity contribution in [1.82, 2.24) is 4.90 Å². The van der Waals surface area contributed by atoms with Gasteiger partial charge in [0.15, 0.2) is 0 Å². The van der Waals surface area contributed by atoms with Crippen molar-refractivity contribution >= 4 is 6.09 Å². The lowest BCUT2D eigenvalue weighted by atomic mass is 10.0. The molecule has 0 radical (unpaired) electrons. The average molecular weight is 225 g/mol. The normalized spacial score (nSPS) is 22.5. The average Bonchev–Trinajstić information content (AvgIpc) is 2.16. The van der Waals surface area contributed by atoms with Gasteiger partial charge < -0.3 is 9.64 Å². The molecule has 1 fully saturated rings. The van der Waals surface area contributed by atoms with E-state index in [1.165, 1.54) is 6.42 Å². The van der Waals surface area contributed by atoms with E-state index in [0.29, 0.717) is 0 Å². The summed E-state index contributed by atoms with van der Waals surface area (Å²) in [6.45, 7) is 8.50. The molecule has 1 rings (SSSR count). The van der Waals surface area contributed by atoms with Crippen LogP contribution in [0.2, 0.25) is 0 Å². The van der Waals surface area contributed by atoms with Gasteiger partial charge in [0.1, 0.15) is 5.60 Å². The highest BCUT2D eigenvalue weighted by molar-refractivity contribution is 5.69. The Bertz CT molecular complexity index is 266. The number of amides is 1. The van der Waals surface area contributed by atoms with Crippen LogP contribution in [0, 0.1) is 0 Å². The highest BCUT2D eigenvalue weighted by atomic mass is 16.6. The summed E-state index contributed by atoms with van der Waals surface area (Å²) >= 11 is 0. The summed E-state index contributed by atoms with van der Waals surface area (Å²) in [4.78, 5) is 13.8. The van der Waals surface area contributed by atoms with E-state index in [1.54, 1.807) is 0 Å². The van der Waals surface area contributed by atoms with Crippen LogP contribution in [0.15, 0.2) is 12.2 Å². The number of piperidine rings is 1. The molecular weight excluding hydrogens is 202 g/mol. The van der Waals surface area contributed by atoms with Gasteiger partial charge in [-0.15, -0.1) is 0 Å². The molecule has 1 saturated heterocycles. The van der Waals surface area contributed by atoms with Gasteiger partial charge in [0.2, 0.25) is 0 Å². The molecule has 0 aromatic heterocycles. The van der Waals surface area contributed by atoms with Gasteiger partial charge in [0.25, 0.3) is 0 Å². The molecule has 16 heavy (non-hydrogen) atoms. The highest BCUT2D eigenvalue weighted by Crippen LogP contribution is 2.21. The first-order valence-corrected chi connectivity index (χ1v) is 6.06. The number of carbonyl (C=O) groups is 1. The first-order chi connectivity index (χ1) is 7.44. The van der Waals surface area contributed by atoms with Gasteiger partial charge in [-0.25, -0.2) is 4.79 Å². The standard InChI is InChI=1S/C13H23NO2/c1-5-8-11-9-6-7-10-14(11)12(15)16-13(2,3)4/h5,8,11H,6-7,9-10H2,1-4H3/b8-5-/t11-/m1/s1. The molecule has 0 saturated carbocycles. The first-order valence-electron chi connectivity index (χ1n) is 6.06. The molecule has 1 amide bonds. The molecule has 0 N–H and O–H groups in total. The second-order valence-electron chi connectivity index (χ2n) is 5.26. The smallest absolute Gasteiger partial charge is 0.410 e. The number of nitrogens with zero attached hydrogens (tertiary/aromatic N) is 1. The zero-order chi connectivity index (χ0) is 12.2. The van der Waals surface area contributed by atoms with E-state index in [9.17, 15) is 4.79 Å². The van der Waals surface area contributed by atoms with E-state index in [-0.39, 0.29) is 12.1 Å². The lowest BCUT2D eigenvalue weighted by molar-refractivity contribution is 0.0149. The monoisotopic (exact) mass is 225 g/mol. The van der Waals surface area contributed by atoms with Gasteiger partial charge in [-0.05, 0) is 47.0 Å². The Morgan fingerprint density at radius 1 is 1.38 bits per heavy atom. The summed E-state index contributed by atoms with van der Waals surface area (Å²) in [6, 6.07) is 0.216. The summed E-state index contributed by atoms with van der Waals surface area (Å²) in [5.74, 6) is 0. The summed E-state index contributed by atoms with van der Waals surface area (Å²) in [7, 11) is 0. The SMILES string of the molecule is C/C=C\[C@@H]1CCCCN1C(=O)OC(C)(C)C. The number of carbonyl (C=O) groups excluding carboxylic acids is 1. The summed E-state index contributed by atoms with van der Waals surface area (Å²) in [5, 5.41) is 0. The van der Waals surface area contributed by atoms with Gasteiger partial charge in [-0.2, -0.15) is 0 Å². The van der Waals surface area contributed by atoms with E-state index in [4.69, 9.17) is 4.74 Å². The Morgan fingerprint density at radius 3 is 2.62 bits per heavy atom. The molecule has 1 heterocycles. The highest BCUT2D eigenvalue weighted by Gasteiger charge is 2.28. The van der Waals surface area contributed by atoms with E-state index in [1.807, 2.05) is 38.7 Å². The Kier molecular flexibility index (Phi) is 4.39. The second-order valence-corrected chi connectivity index (χ2v) is 5.26. The number of hydrogen-bond donors (Lipinski definition) is 0. The Hall–Kier alpha value is -0.990. The molecule has 3 heteroatoms. The molecule has 0 bridgehead atoms. The fraction of sp³-hybridized carbons (Fsp3) is 0.769. The van der Waals surface area contributed by atoms with E-state index < -0.39 is 5.60 Å². The maximum atomic E-state index is 12.0. The van der Waals surface area contributed by atoms with Crippen molar-refractivity contribution in [2.45, 2.75) is 58.6 Å². The number of likely N-dealkylation sites (tertiary alicyclic amines) is 1. The third kappa shape index (κ3) is 3.87. The number of rotatable bonds is 1. The lowest BCUT2D eigenvalue weighted by Gasteiger charge is -2.35. The maximum absolute atomic E-state index is 12.0. The van der Waals surface area contributed by atoms with Crippen molar-refractivity contribution in [3.63, 3.8) is 0 Å². The summed E-state index contributed by atoms with van der Waals surface area (Å²) in [6.07, 6.45) is 7.22. The molecule has 0 unspecified atom stereocenters. The zero-order valence-corrected chi connectivity index (χ0v) is 10.8. The Morgan fingerprint density at radius 2 is 2.06 bits per heavy atom. The van der Waals surface area contributed by atoms with Crippen LogP contribution in [0.25, 0.3) is 0 Å². The van der Waals surface area contributed by atoms with Crippen LogP contribution in [-0.4, -0.2) is 29.2 Å². The minimum absolute atomic E-state index is 0.185. The predicted octanol–water partition coefficient (Wildman–Crippen LogP) is 3.35. The molecule has 0 aromatic rings. The molecule has 1 aliphatic rings. The van der Waals surface area contributed by atoms with Gasteiger partial charge in [-0.1, -0.05) is 12.2 Å². The Labute approximate surface area is 98.5 Å². The van der Waals surface area contributed by atoms with Crippen LogP contribution in [0.1, 0.15) is 47.0 Å². The summed E-state index contributed by atoms with van der Waals surface area (Å²) < 4.78 is 5.41. The van der Waals surface area contributed by atoms with Crippen LogP contribution >= 0.6 is 0 Å². The molecule has 0 aliphatic carbocycles. The van der Waals surface area contributed by atoms with Crippen molar-refractivity contribution in [1.29, 1.82) is 0 Å². The lowest BCUT2D eigenvalue weighted by Crippen LogP contribution is -2.45.